The van der Waals surface area contributed by atoms with Crippen LogP contribution in [0.4, 0.5) is 5.69 Å². The molecule has 0 unspecified atom stereocenters. The quantitative estimate of drug-likeness (QED) is 0.769. The van der Waals surface area contributed by atoms with E-state index < -0.39 is 0 Å². The van der Waals surface area contributed by atoms with Crippen molar-refractivity contribution in [1.29, 1.82) is 0 Å². The first-order valence-electron chi connectivity index (χ1n) is 7.16. The van der Waals surface area contributed by atoms with Crippen molar-refractivity contribution < 1.29 is 0 Å². The van der Waals surface area contributed by atoms with Gasteiger partial charge in [-0.2, -0.15) is 5.10 Å². The van der Waals surface area contributed by atoms with E-state index in [-0.39, 0.29) is 0 Å². The molecule has 108 valence electrons. The van der Waals surface area contributed by atoms with Crippen molar-refractivity contribution in [2.24, 2.45) is 0 Å². The predicted molar refractivity (Wildman–Crippen MR) is 89.5 cm³/mol. The third-order valence-electron chi connectivity index (χ3n) is 3.46. The number of hydrogen-bond donors (Lipinski definition) is 1. The van der Waals surface area contributed by atoms with Crippen molar-refractivity contribution in [2.45, 2.75) is 26.3 Å². The summed E-state index contributed by atoms with van der Waals surface area (Å²) in [4.78, 5) is 2.43. The van der Waals surface area contributed by atoms with Gasteiger partial charge in [0, 0.05) is 17.6 Å². The van der Waals surface area contributed by atoms with Crippen LogP contribution in [0.25, 0.3) is 10.6 Å². The lowest BCUT2D eigenvalue weighted by atomic mass is 10.1. The Labute approximate surface area is 129 Å². The van der Waals surface area contributed by atoms with E-state index in [9.17, 15) is 0 Å². The summed E-state index contributed by atoms with van der Waals surface area (Å²) in [5, 5.41) is 4.63. The average molecular weight is 297 g/mol. The largest absolute Gasteiger partial charge is 0.396 e. The van der Waals surface area contributed by atoms with E-state index in [4.69, 9.17) is 5.73 Å². The molecule has 0 fully saturated rings. The molecule has 2 N–H and O–H groups in total. The van der Waals surface area contributed by atoms with Crippen LogP contribution < -0.4 is 5.73 Å². The van der Waals surface area contributed by atoms with Gasteiger partial charge in [0.25, 0.3) is 0 Å². The molecule has 3 rings (SSSR count). The van der Waals surface area contributed by atoms with Gasteiger partial charge in [-0.3, -0.25) is 4.68 Å². The standard InChI is InChI=1S/C17H19N3S/c1-13-9-10-16(21-13)17-15(18)12-20(19-17)11-5-8-14-6-3-2-4-7-14/h2-4,6-7,9-10,12H,5,8,11,18H2,1H3. The highest BCUT2D eigenvalue weighted by Crippen LogP contribution is 2.30. The fourth-order valence-electron chi connectivity index (χ4n) is 2.39. The maximum absolute atomic E-state index is 6.09. The Balaban J connectivity index is 1.64. The molecule has 1 aromatic carbocycles. The van der Waals surface area contributed by atoms with Crippen molar-refractivity contribution in [3.05, 3.63) is 59.1 Å². The van der Waals surface area contributed by atoms with E-state index in [2.05, 4.69) is 48.4 Å². The topological polar surface area (TPSA) is 43.8 Å². The van der Waals surface area contributed by atoms with Gasteiger partial charge < -0.3 is 5.73 Å². The zero-order valence-corrected chi connectivity index (χ0v) is 12.9. The molecular weight excluding hydrogens is 278 g/mol. The van der Waals surface area contributed by atoms with E-state index in [1.807, 2.05) is 16.9 Å². The van der Waals surface area contributed by atoms with Gasteiger partial charge in [-0.1, -0.05) is 30.3 Å². The number of hydrogen-bond acceptors (Lipinski definition) is 3. The number of nitrogens with zero attached hydrogens (tertiary/aromatic N) is 2. The summed E-state index contributed by atoms with van der Waals surface area (Å²) in [5.74, 6) is 0. The Kier molecular flexibility index (Phi) is 4.06. The first-order chi connectivity index (χ1) is 10.2. The Bertz CT molecular complexity index is 713. The van der Waals surface area contributed by atoms with Crippen LogP contribution in [0.3, 0.4) is 0 Å². The molecule has 4 heteroatoms. The summed E-state index contributed by atoms with van der Waals surface area (Å²) in [6.07, 6.45) is 4.07. The average Bonchev–Trinajstić information content (AvgIpc) is 3.06. The highest BCUT2D eigenvalue weighted by atomic mass is 32.1. The Morgan fingerprint density at radius 1 is 1.14 bits per heavy atom. The summed E-state index contributed by atoms with van der Waals surface area (Å²) in [6, 6.07) is 14.7. The molecule has 0 aliphatic heterocycles. The van der Waals surface area contributed by atoms with E-state index in [1.165, 1.54) is 10.4 Å². The van der Waals surface area contributed by atoms with Gasteiger partial charge in [0.05, 0.1) is 10.6 Å². The van der Waals surface area contributed by atoms with Gasteiger partial charge in [0.1, 0.15) is 5.69 Å². The smallest absolute Gasteiger partial charge is 0.125 e. The molecule has 2 heterocycles. The fraction of sp³-hybridized carbons (Fsp3) is 0.235. The van der Waals surface area contributed by atoms with Crippen LogP contribution in [0.2, 0.25) is 0 Å². The summed E-state index contributed by atoms with van der Waals surface area (Å²) in [5.41, 5.74) is 9.13. The predicted octanol–water partition coefficient (Wildman–Crippen LogP) is 4.14. The molecule has 0 amide bonds. The van der Waals surface area contributed by atoms with Gasteiger partial charge in [0.2, 0.25) is 0 Å². The minimum absolute atomic E-state index is 0.761. The summed E-state index contributed by atoms with van der Waals surface area (Å²) < 4.78 is 1.96. The first kappa shape index (κ1) is 13.9. The van der Waals surface area contributed by atoms with Gasteiger partial charge in [0.15, 0.2) is 0 Å². The molecule has 0 bridgehead atoms. The molecule has 0 atom stereocenters. The molecule has 0 saturated carbocycles. The molecule has 2 aromatic heterocycles. The van der Waals surface area contributed by atoms with Gasteiger partial charge in [-0.05, 0) is 37.5 Å². The zero-order chi connectivity index (χ0) is 14.7. The molecule has 3 nitrogen and oxygen atoms in total. The molecule has 0 aliphatic carbocycles. The van der Waals surface area contributed by atoms with Crippen LogP contribution in [-0.2, 0) is 13.0 Å². The van der Waals surface area contributed by atoms with Gasteiger partial charge in [-0.15, -0.1) is 11.3 Å². The third-order valence-corrected chi connectivity index (χ3v) is 4.47. The second-order valence-electron chi connectivity index (χ2n) is 5.20. The number of nitrogen functional groups attached to an aromatic ring is 1. The number of nitrogens with two attached hydrogens (primary N) is 1. The number of aromatic nitrogens is 2. The van der Waals surface area contributed by atoms with E-state index in [0.717, 1.165) is 35.6 Å². The SMILES string of the molecule is Cc1ccc(-c2nn(CCCc3ccccc3)cc2N)s1. The van der Waals surface area contributed by atoms with Gasteiger partial charge >= 0.3 is 0 Å². The molecule has 0 spiro atoms. The van der Waals surface area contributed by atoms with Crippen LogP contribution in [0.5, 0.6) is 0 Å². The molecule has 0 radical (unpaired) electrons. The van der Waals surface area contributed by atoms with Crippen molar-refractivity contribution in [3.8, 4) is 10.6 Å². The first-order valence-corrected chi connectivity index (χ1v) is 7.98. The third kappa shape index (κ3) is 3.34. The monoisotopic (exact) mass is 297 g/mol. The van der Waals surface area contributed by atoms with Crippen LogP contribution in [0, 0.1) is 6.92 Å². The molecule has 3 aromatic rings. The Morgan fingerprint density at radius 3 is 2.67 bits per heavy atom. The van der Waals surface area contributed by atoms with Crippen LogP contribution >= 0.6 is 11.3 Å². The van der Waals surface area contributed by atoms with Crippen LogP contribution in [0.1, 0.15) is 16.9 Å². The second kappa shape index (κ2) is 6.14. The molecule has 0 saturated heterocycles. The van der Waals surface area contributed by atoms with E-state index in [1.54, 1.807) is 11.3 Å². The molecular formula is C17H19N3S. The minimum atomic E-state index is 0.761. The Hall–Kier alpha value is -2.07. The van der Waals surface area contributed by atoms with Crippen LogP contribution in [-0.4, -0.2) is 9.78 Å². The molecule has 0 aliphatic rings. The zero-order valence-electron chi connectivity index (χ0n) is 12.1. The van der Waals surface area contributed by atoms with Crippen molar-refractivity contribution >= 4 is 17.0 Å². The number of anilines is 1. The molecule has 21 heavy (non-hydrogen) atoms. The lowest BCUT2D eigenvalue weighted by molar-refractivity contribution is 0.580. The van der Waals surface area contributed by atoms with E-state index in [0.29, 0.717) is 0 Å². The summed E-state index contributed by atoms with van der Waals surface area (Å²) in [7, 11) is 0. The van der Waals surface area contributed by atoms with Crippen LogP contribution in [0.15, 0.2) is 48.7 Å². The highest BCUT2D eigenvalue weighted by Gasteiger charge is 2.10. The lowest BCUT2D eigenvalue weighted by Crippen LogP contribution is -2.00. The minimum Gasteiger partial charge on any atom is -0.396 e. The number of benzene rings is 1. The highest BCUT2D eigenvalue weighted by molar-refractivity contribution is 7.15. The number of thiophene rings is 1. The Morgan fingerprint density at radius 2 is 1.95 bits per heavy atom. The second-order valence-corrected chi connectivity index (χ2v) is 6.48. The number of aryl methyl sites for hydroxylation is 3. The summed E-state index contributed by atoms with van der Waals surface area (Å²) in [6.45, 7) is 2.99. The van der Waals surface area contributed by atoms with E-state index >= 15 is 0 Å². The lowest BCUT2D eigenvalue weighted by Gasteiger charge is -2.02. The maximum atomic E-state index is 6.09. The summed E-state index contributed by atoms with van der Waals surface area (Å²) >= 11 is 1.73. The fourth-order valence-corrected chi connectivity index (χ4v) is 3.27. The number of rotatable bonds is 5. The van der Waals surface area contributed by atoms with Gasteiger partial charge in [-0.25, -0.2) is 0 Å². The van der Waals surface area contributed by atoms with Crippen molar-refractivity contribution in [3.63, 3.8) is 0 Å². The van der Waals surface area contributed by atoms with Crippen molar-refractivity contribution in [2.75, 3.05) is 5.73 Å². The normalized spacial score (nSPS) is 10.9. The maximum Gasteiger partial charge on any atom is 0.125 e. The van der Waals surface area contributed by atoms with Crippen molar-refractivity contribution in [1.82, 2.24) is 9.78 Å².